The van der Waals surface area contributed by atoms with E-state index in [9.17, 15) is 5.11 Å². The lowest BCUT2D eigenvalue weighted by Gasteiger charge is -2.36. The predicted octanol–water partition coefficient (Wildman–Crippen LogP) is 2.55. The van der Waals surface area contributed by atoms with Gasteiger partial charge in [-0.05, 0) is 50.5 Å². The summed E-state index contributed by atoms with van der Waals surface area (Å²) in [6.45, 7) is 5.48. The minimum Gasteiger partial charge on any atom is -0.508 e. The molecule has 14 heavy (non-hydrogen) atoms. The molecule has 0 aliphatic carbocycles. The van der Waals surface area contributed by atoms with E-state index in [1.54, 1.807) is 6.07 Å². The van der Waals surface area contributed by atoms with E-state index >= 15 is 0 Å². The fourth-order valence-corrected chi connectivity index (χ4v) is 2.29. The Morgan fingerprint density at radius 3 is 3.00 bits per heavy atom. The Hall–Kier alpha value is -1.18. The number of hydrogen-bond acceptors (Lipinski definition) is 2. The van der Waals surface area contributed by atoms with Gasteiger partial charge in [-0.3, -0.25) is 0 Å². The molecule has 1 aromatic carbocycles. The van der Waals surface area contributed by atoms with Crippen LogP contribution in [-0.4, -0.2) is 17.7 Å². The zero-order valence-electron chi connectivity index (χ0n) is 8.83. The maximum absolute atomic E-state index is 9.39. The van der Waals surface area contributed by atoms with Crippen molar-refractivity contribution in [1.82, 2.24) is 0 Å². The summed E-state index contributed by atoms with van der Waals surface area (Å²) in [5, 5.41) is 9.39. The molecule has 1 aliphatic heterocycles. The highest BCUT2D eigenvalue weighted by Gasteiger charge is 2.21. The summed E-state index contributed by atoms with van der Waals surface area (Å²) in [4.78, 5) is 2.40. The molecule has 76 valence electrons. The van der Waals surface area contributed by atoms with Crippen LogP contribution in [0.25, 0.3) is 0 Å². The van der Waals surface area contributed by atoms with E-state index in [2.05, 4.69) is 18.7 Å². The largest absolute Gasteiger partial charge is 0.508 e. The number of hydrogen-bond donors (Lipinski definition) is 1. The summed E-state index contributed by atoms with van der Waals surface area (Å²) >= 11 is 0. The summed E-state index contributed by atoms with van der Waals surface area (Å²) in [7, 11) is 0. The third-order valence-electron chi connectivity index (χ3n) is 3.08. The molecular formula is C12H17NO. The van der Waals surface area contributed by atoms with Crippen molar-refractivity contribution in [3.05, 3.63) is 23.8 Å². The first-order chi connectivity index (χ1) is 6.72. The van der Waals surface area contributed by atoms with Gasteiger partial charge in [0, 0.05) is 18.3 Å². The lowest BCUT2D eigenvalue weighted by Crippen LogP contribution is -2.36. The van der Waals surface area contributed by atoms with Crippen molar-refractivity contribution in [2.75, 3.05) is 11.4 Å². The zero-order chi connectivity index (χ0) is 10.1. The lowest BCUT2D eigenvalue weighted by atomic mass is 9.96. The number of rotatable bonds is 1. The number of aryl methyl sites for hydroxylation is 1. The Morgan fingerprint density at radius 1 is 1.50 bits per heavy atom. The summed E-state index contributed by atoms with van der Waals surface area (Å²) in [5.74, 6) is 0.384. The Kier molecular flexibility index (Phi) is 2.36. The van der Waals surface area contributed by atoms with Crippen molar-refractivity contribution in [2.24, 2.45) is 0 Å². The van der Waals surface area contributed by atoms with Gasteiger partial charge in [-0.2, -0.15) is 0 Å². The van der Waals surface area contributed by atoms with E-state index in [0.29, 0.717) is 11.8 Å². The molecule has 0 saturated carbocycles. The Labute approximate surface area is 85.2 Å². The van der Waals surface area contributed by atoms with Gasteiger partial charge in [0.2, 0.25) is 0 Å². The minimum absolute atomic E-state index is 0.384. The smallest absolute Gasteiger partial charge is 0.116 e. The second-order valence-electron chi connectivity index (χ2n) is 3.99. The number of phenols is 1. The van der Waals surface area contributed by atoms with E-state index in [1.807, 2.05) is 12.1 Å². The van der Waals surface area contributed by atoms with Gasteiger partial charge in [0.05, 0.1) is 0 Å². The lowest BCUT2D eigenvalue weighted by molar-refractivity contribution is 0.472. The molecule has 0 spiro atoms. The van der Waals surface area contributed by atoms with E-state index < -0.39 is 0 Å². The average molecular weight is 191 g/mol. The molecule has 1 atom stereocenters. The van der Waals surface area contributed by atoms with Crippen LogP contribution in [0.15, 0.2) is 18.2 Å². The van der Waals surface area contributed by atoms with E-state index in [4.69, 9.17) is 0 Å². The third-order valence-corrected chi connectivity index (χ3v) is 3.08. The molecule has 2 heteroatoms. The van der Waals surface area contributed by atoms with Crippen LogP contribution < -0.4 is 4.90 Å². The monoisotopic (exact) mass is 191 g/mol. The van der Waals surface area contributed by atoms with Gasteiger partial charge in [0.1, 0.15) is 5.75 Å². The van der Waals surface area contributed by atoms with Crippen LogP contribution in [0.2, 0.25) is 0 Å². The molecule has 2 nitrogen and oxygen atoms in total. The van der Waals surface area contributed by atoms with Crippen LogP contribution in [0, 0.1) is 0 Å². The van der Waals surface area contributed by atoms with Gasteiger partial charge in [0.25, 0.3) is 0 Å². The van der Waals surface area contributed by atoms with Gasteiger partial charge >= 0.3 is 0 Å². The summed E-state index contributed by atoms with van der Waals surface area (Å²) in [5.41, 5.74) is 2.58. The number of benzene rings is 1. The highest BCUT2D eigenvalue weighted by Crippen LogP contribution is 2.32. The fourth-order valence-electron chi connectivity index (χ4n) is 2.29. The van der Waals surface area contributed by atoms with E-state index in [1.165, 1.54) is 17.7 Å². The molecule has 1 heterocycles. The highest BCUT2D eigenvalue weighted by atomic mass is 16.3. The van der Waals surface area contributed by atoms with Crippen LogP contribution >= 0.6 is 0 Å². The second-order valence-corrected chi connectivity index (χ2v) is 3.99. The Bertz CT molecular complexity index is 335. The van der Waals surface area contributed by atoms with Crippen molar-refractivity contribution in [2.45, 2.75) is 32.7 Å². The summed E-state index contributed by atoms with van der Waals surface area (Å²) in [6, 6.07) is 6.32. The fraction of sp³-hybridized carbons (Fsp3) is 0.500. The molecule has 2 rings (SSSR count). The number of anilines is 1. The first-order valence-electron chi connectivity index (χ1n) is 5.31. The number of nitrogens with zero attached hydrogens (tertiary/aromatic N) is 1. The maximum Gasteiger partial charge on any atom is 0.116 e. The van der Waals surface area contributed by atoms with Crippen LogP contribution in [0.3, 0.4) is 0 Å². The predicted molar refractivity (Wildman–Crippen MR) is 58.9 cm³/mol. The molecule has 0 amide bonds. The van der Waals surface area contributed by atoms with Gasteiger partial charge in [-0.1, -0.05) is 0 Å². The summed E-state index contributed by atoms with van der Waals surface area (Å²) in [6.07, 6.45) is 2.27. The van der Waals surface area contributed by atoms with Crippen molar-refractivity contribution in [3.63, 3.8) is 0 Å². The quantitative estimate of drug-likeness (QED) is 0.737. The van der Waals surface area contributed by atoms with Crippen LogP contribution in [0.4, 0.5) is 5.69 Å². The van der Waals surface area contributed by atoms with Crippen LogP contribution in [0.1, 0.15) is 25.8 Å². The van der Waals surface area contributed by atoms with Gasteiger partial charge in [0.15, 0.2) is 0 Å². The van der Waals surface area contributed by atoms with Crippen molar-refractivity contribution in [1.29, 1.82) is 0 Å². The van der Waals surface area contributed by atoms with Gasteiger partial charge in [-0.15, -0.1) is 0 Å². The van der Waals surface area contributed by atoms with Gasteiger partial charge < -0.3 is 10.0 Å². The molecule has 1 unspecified atom stereocenters. The molecule has 0 saturated heterocycles. The van der Waals surface area contributed by atoms with Crippen LogP contribution in [-0.2, 0) is 6.42 Å². The van der Waals surface area contributed by atoms with Crippen molar-refractivity contribution < 1.29 is 5.11 Å². The Morgan fingerprint density at radius 2 is 2.29 bits per heavy atom. The molecule has 0 aromatic heterocycles. The molecule has 1 N–H and O–H groups in total. The highest BCUT2D eigenvalue weighted by molar-refractivity contribution is 5.58. The number of aromatic hydroxyl groups is 1. The van der Waals surface area contributed by atoms with Crippen molar-refractivity contribution >= 4 is 5.69 Å². The molecule has 1 aromatic rings. The van der Waals surface area contributed by atoms with Crippen molar-refractivity contribution in [3.8, 4) is 5.75 Å². The van der Waals surface area contributed by atoms with E-state index in [0.717, 1.165) is 13.0 Å². The minimum atomic E-state index is 0.384. The average Bonchev–Trinajstić information content (AvgIpc) is 2.18. The second kappa shape index (κ2) is 3.52. The van der Waals surface area contributed by atoms with Gasteiger partial charge in [-0.25, -0.2) is 0 Å². The van der Waals surface area contributed by atoms with Crippen LogP contribution in [0.5, 0.6) is 5.75 Å². The standard InChI is InChI=1S/C12H17NO/c1-3-13-9(2)4-5-10-8-11(14)6-7-12(10)13/h6-9,14H,3-5H2,1-2H3. The molecule has 0 bridgehead atoms. The topological polar surface area (TPSA) is 23.5 Å². The maximum atomic E-state index is 9.39. The first-order valence-corrected chi connectivity index (χ1v) is 5.31. The number of phenolic OH excluding ortho intramolecular Hbond substituents is 1. The molecule has 0 radical (unpaired) electrons. The molecular weight excluding hydrogens is 174 g/mol. The summed E-state index contributed by atoms with van der Waals surface area (Å²) < 4.78 is 0. The zero-order valence-corrected chi connectivity index (χ0v) is 8.83. The third kappa shape index (κ3) is 1.45. The molecule has 1 aliphatic rings. The normalized spacial score (nSPS) is 20.7. The SMILES string of the molecule is CCN1c2ccc(O)cc2CCC1C. The Balaban J connectivity index is 2.41. The first kappa shape index (κ1) is 9.38. The van der Waals surface area contributed by atoms with E-state index in [-0.39, 0.29) is 0 Å². The number of fused-ring (bicyclic) bond motifs is 1. The molecule has 0 fully saturated rings.